The van der Waals surface area contributed by atoms with Gasteiger partial charge < -0.3 is 4.74 Å². The van der Waals surface area contributed by atoms with Gasteiger partial charge in [0.15, 0.2) is 0 Å². The van der Waals surface area contributed by atoms with Crippen LogP contribution in [0.15, 0.2) is 12.1 Å². The molecule has 19 heavy (non-hydrogen) atoms. The van der Waals surface area contributed by atoms with E-state index < -0.39 is 0 Å². The van der Waals surface area contributed by atoms with Crippen LogP contribution >= 0.6 is 11.6 Å². The average Bonchev–Trinajstić information content (AvgIpc) is 2.51. The molecule has 4 nitrogen and oxygen atoms in total. The van der Waals surface area contributed by atoms with Crippen LogP contribution in [0, 0.1) is 17.2 Å². The molecule has 1 aromatic carbocycles. The lowest BCUT2D eigenvalue weighted by molar-refractivity contribution is -0.121. The molecule has 0 bridgehead atoms. The van der Waals surface area contributed by atoms with Crippen molar-refractivity contribution in [1.82, 2.24) is 0 Å². The summed E-state index contributed by atoms with van der Waals surface area (Å²) >= 11 is 6.12. The van der Waals surface area contributed by atoms with Gasteiger partial charge in [-0.2, -0.15) is 5.26 Å². The van der Waals surface area contributed by atoms with Gasteiger partial charge in [0.1, 0.15) is 12.3 Å². The molecule has 1 amide bonds. The average molecular weight is 279 g/mol. The zero-order valence-electron chi connectivity index (χ0n) is 10.9. The Morgan fingerprint density at radius 1 is 1.58 bits per heavy atom. The van der Waals surface area contributed by atoms with E-state index in [2.05, 4.69) is 0 Å². The van der Waals surface area contributed by atoms with E-state index in [4.69, 9.17) is 21.6 Å². The molecule has 1 aliphatic rings. The summed E-state index contributed by atoms with van der Waals surface area (Å²) in [5, 5.41) is 9.45. The number of halogens is 1. The molecule has 1 heterocycles. The maximum atomic E-state index is 12.3. The van der Waals surface area contributed by atoms with Crippen molar-refractivity contribution in [2.75, 3.05) is 18.6 Å². The largest absolute Gasteiger partial charge is 0.495 e. The number of hydrogen-bond donors (Lipinski definition) is 0. The van der Waals surface area contributed by atoms with Crippen LogP contribution in [0.1, 0.15) is 18.9 Å². The fraction of sp³-hybridized carbons (Fsp3) is 0.429. The first-order chi connectivity index (χ1) is 9.08. The Hall–Kier alpha value is -1.73. The number of benzene rings is 1. The summed E-state index contributed by atoms with van der Waals surface area (Å²) in [7, 11) is 1.53. The molecule has 0 radical (unpaired) electrons. The second-order valence-electron chi connectivity index (χ2n) is 4.64. The number of hydrogen-bond acceptors (Lipinski definition) is 3. The molecule has 1 unspecified atom stereocenters. The molecular weight excluding hydrogens is 264 g/mol. The third kappa shape index (κ3) is 2.52. The summed E-state index contributed by atoms with van der Waals surface area (Å²) in [5.74, 6) is 0.404. The van der Waals surface area contributed by atoms with Crippen LogP contribution in [-0.2, 0) is 11.2 Å². The monoisotopic (exact) mass is 278 g/mol. The Labute approximate surface area is 117 Å². The van der Waals surface area contributed by atoms with Gasteiger partial charge >= 0.3 is 0 Å². The molecule has 0 saturated heterocycles. The van der Waals surface area contributed by atoms with Crippen LogP contribution in [0.2, 0.25) is 5.02 Å². The number of aryl methyl sites for hydroxylation is 1. The van der Waals surface area contributed by atoms with E-state index >= 15 is 0 Å². The van der Waals surface area contributed by atoms with E-state index in [1.807, 2.05) is 19.1 Å². The normalized spacial score (nSPS) is 18.5. The molecular formula is C14H15ClN2O2. The number of ether oxygens (including phenoxy) is 1. The fourth-order valence-corrected chi connectivity index (χ4v) is 2.57. The van der Waals surface area contributed by atoms with Crippen molar-refractivity contribution in [1.29, 1.82) is 5.26 Å². The lowest BCUT2D eigenvalue weighted by Crippen LogP contribution is -2.34. The smallest absolute Gasteiger partial charge is 0.230 e. The van der Waals surface area contributed by atoms with Gasteiger partial charge in [-0.1, -0.05) is 18.5 Å². The Balaban J connectivity index is 2.55. The van der Waals surface area contributed by atoms with Crippen LogP contribution in [0.4, 0.5) is 5.69 Å². The number of methoxy groups -OCH3 is 1. The van der Waals surface area contributed by atoms with Crippen LogP contribution in [0.25, 0.3) is 0 Å². The molecule has 100 valence electrons. The van der Waals surface area contributed by atoms with E-state index in [-0.39, 0.29) is 18.4 Å². The first kappa shape index (κ1) is 13.7. The van der Waals surface area contributed by atoms with Gasteiger partial charge in [0.05, 0.1) is 23.9 Å². The molecule has 1 aromatic rings. The van der Waals surface area contributed by atoms with E-state index in [0.717, 1.165) is 24.1 Å². The Bertz CT molecular complexity index is 551. The van der Waals surface area contributed by atoms with Crippen LogP contribution < -0.4 is 9.64 Å². The third-order valence-corrected chi connectivity index (χ3v) is 3.70. The summed E-state index contributed by atoms with van der Waals surface area (Å²) in [5.41, 5.74) is 1.72. The number of carbonyl (C=O) groups is 1. The lowest BCUT2D eigenvalue weighted by atomic mass is 10.0. The molecule has 2 rings (SSSR count). The number of anilines is 1. The van der Waals surface area contributed by atoms with Gasteiger partial charge in [0, 0.05) is 12.0 Å². The Morgan fingerprint density at radius 2 is 2.32 bits per heavy atom. The highest BCUT2D eigenvalue weighted by atomic mass is 35.5. The zero-order valence-corrected chi connectivity index (χ0v) is 11.7. The van der Waals surface area contributed by atoms with Crippen molar-refractivity contribution in [3.05, 3.63) is 22.7 Å². The first-order valence-electron chi connectivity index (χ1n) is 6.13. The van der Waals surface area contributed by atoms with E-state index in [1.165, 1.54) is 12.0 Å². The van der Waals surface area contributed by atoms with Gasteiger partial charge in [-0.05, 0) is 24.5 Å². The highest BCUT2D eigenvalue weighted by Crippen LogP contribution is 2.36. The summed E-state index contributed by atoms with van der Waals surface area (Å²) in [4.78, 5) is 13.8. The van der Waals surface area contributed by atoms with Gasteiger partial charge in [0.25, 0.3) is 0 Å². The molecule has 0 fully saturated rings. The van der Waals surface area contributed by atoms with E-state index in [1.54, 1.807) is 6.07 Å². The predicted octanol–water partition coefficient (Wildman–Crippen LogP) is 2.79. The van der Waals surface area contributed by atoms with Gasteiger partial charge in [-0.15, -0.1) is 0 Å². The fourth-order valence-electron chi connectivity index (χ4n) is 2.31. The molecule has 1 aliphatic heterocycles. The zero-order chi connectivity index (χ0) is 14.0. The second-order valence-corrected chi connectivity index (χ2v) is 5.04. The van der Waals surface area contributed by atoms with Gasteiger partial charge in [-0.25, -0.2) is 0 Å². The number of rotatable bonds is 2. The van der Waals surface area contributed by atoms with Gasteiger partial charge in [-0.3, -0.25) is 9.69 Å². The Morgan fingerprint density at radius 3 is 2.95 bits per heavy atom. The predicted molar refractivity (Wildman–Crippen MR) is 73.5 cm³/mol. The maximum absolute atomic E-state index is 12.3. The van der Waals surface area contributed by atoms with Gasteiger partial charge in [0.2, 0.25) is 5.91 Å². The lowest BCUT2D eigenvalue weighted by Gasteiger charge is -2.22. The third-order valence-electron chi connectivity index (χ3n) is 3.41. The summed E-state index contributed by atoms with van der Waals surface area (Å²) in [6.45, 7) is 1.93. The van der Waals surface area contributed by atoms with Crippen molar-refractivity contribution in [3.8, 4) is 11.8 Å². The van der Waals surface area contributed by atoms with Crippen molar-refractivity contribution in [3.63, 3.8) is 0 Å². The van der Waals surface area contributed by atoms with Crippen molar-refractivity contribution in [2.45, 2.75) is 19.8 Å². The van der Waals surface area contributed by atoms with Crippen LogP contribution in [0.5, 0.6) is 5.75 Å². The minimum atomic E-state index is -0.0921. The van der Waals surface area contributed by atoms with Crippen LogP contribution in [0.3, 0.4) is 0 Å². The number of amides is 1. The molecule has 0 spiro atoms. The highest BCUT2D eigenvalue weighted by Gasteiger charge is 2.28. The first-order valence-corrected chi connectivity index (χ1v) is 6.51. The molecule has 5 heteroatoms. The summed E-state index contributed by atoms with van der Waals surface area (Å²) in [6, 6.07) is 5.61. The van der Waals surface area contributed by atoms with E-state index in [9.17, 15) is 4.79 Å². The molecule has 1 atom stereocenters. The summed E-state index contributed by atoms with van der Waals surface area (Å²) < 4.78 is 5.19. The number of nitrogens with zero attached hydrogens (tertiary/aromatic N) is 2. The molecule has 0 aromatic heterocycles. The van der Waals surface area contributed by atoms with Crippen molar-refractivity contribution < 1.29 is 9.53 Å². The maximum Gasteiger partial charge on any atom is 0.230 e. The standard InChI is InChI=1S/C14H15ClN2O2/c1-9-3-4-10-7-11(15)13(19-2)8-12(10)17(6-5-16)14(9)18/h7-9H,3-4,6H2,1-2H3. The number of nitriles is 1. The molecule has 0 aliphatic carbocycles. The van der Waals surface area contributed by atoms with Crippen molar-refractivity contribution >= 4 is 23.2 Å². The number of carbonyl (C=O) groups excluding carboxylic acids is 1. The Kier molecular flexibility index (Phi) is 3.96. The quantitative estimate of drug-likeness (QED) is 0.782. The highest BCUT2D eigenvalue weighted by molar-refractivity contribution is 6.32. The van der Waals surface area contributed by atoms with Crippen molar-refractivity contribution in [2.24, 2.45) is 5.92 Å². The molecule has 0 N–H and O–H groups in total. The summed E-state index contributed by atoms with van der Waals surface area (Å²) in [6.07, 6.45) is 1.53. The topological polar surface area (TPSA) is 53.3 Å². The molecule has 0 saturated carbocycles. The minimum Gasteiger partial charge on any atom is -0.495 e. The van der Waals surface area contributed by atoms with Crippen LogP contribution in [-0.4, -0.2) is 19.6 Å². The second kappa shape index (κ2) is 5.50. The van der Waals surface area contributed by atoms with E-state index in [0.29, 0.717) is 10.8 Å². The minimum absolute atomic E-state index is 0.0234. The number of fused-ring (bicyclic) bond motifs is 1. The SMILES string of the molecule is COc1cc2c(cc1Cl)CCC(C)C(=O)N2CC#N.